The van der Waals surface area contributed by atoms with Crippen molar-refractivity contribution < 1.29 is 12.8 Å². The van der Waals surface area contributed by atoms with Crippen LogP contribution in [0.2, 0.25) is 0 Å². The molecule has 2 rings (SSSR count). The molecule has 0 spiro atoms. The Bertz CT molecular complexity index is 562. The van der Waals surface area contributed by atoms with Crippen molar-refractivity contribution in [1.29, 1.82) is 0 Å². The second kappa shape index (κ2) is 5.54. The molecule has 1 aliphatic rings. The van der Waals surface area contributed by atoms with Crippen LogP contribution >= 0.6 is 0 Å². The van der Waals surface area contributed by atoms with Crippen molar-refractivity contribution in [3.8, 4) is 0 Å². The quantitative estimate of drug-likeness (QED) is 0.824. The van der Waals surface area contributed by atoms with Crippen molar-refractivity contribution in [2.45, 2.75) is 17.9 Å². The summed E-state index contributed by atoms with van der Waals surface area (Å²) in [5.74, 6) is -0.438. The maximum atomic E-state index is 13.1. The molecule has 0 saturated carbocycles. The van der Waals surface area contributed by atoms with Crippen molar-refractivity contribution in [2.75, 3.05) is 26.2 Å². The van der Waals surface area contributed by atoms with Gasteiger partial charge in [-0.2, -0.15) is 4.31 Å². The number of nitrogens with zero attached hydrogens (tertiary/aromatic N) is 1. The normalized spacial score (nSPS) is 21.5. The molecule has 0 amide bonds. The van der Waals surface area contributed by atoms with Gasteiger partial charge in [0.05, 0.1) is 4.90 Å². The van der Waals surface area contributed by atoms with E-state index in [1.165, 1.54) is 22.5 Å². The molecular formula is C12H18FN3O2S. The molecule has 1 heterocycles. The van der Waals surface area contributed by atoms with Crippen LogP contribution in [0.4, 0.5) is 4.39 Å². The Morgan fingerprint density at radius 1 is 1.53 bits per heavy atom. The monoisotopic (exact) mass is 287 g/mol. The predicted octanol–water partition coefficient (Wildman–Crippen LogP) is 0.0553. The molecule has 1 fully saturated rings. The Balaban J connectivity index is 2.40. The molecule has 1 aromatic carbocycles. The molecule has 7 heteroatoms. The van der Waals surface area contributed by atoms with Crippen molar-refractivity contribution in [1.82, 2.24) is 9.62 Å². The minimum Gasteiger partial charge on any atom is -0.329 e. The van der Waals surface area contributed by atoms with Crippen LogP contribution in [-0.4, -0.2) is 44.9 Å². The Morgan fingerprint density at radius 3 is 2.89 bits per heavy atom. The summed E-state index contributed by atoms with van der Waals surface area (Å²) in [6.45, 7) is 3.36. The third-order valence-electron chi connectivity index (χ3n) is 3.29. The van der Waals surface area contributed by atoms with E-state index in [2.05, 4.69) is 5.32 Å². The maximum absolute atomic E-state index is 13.1. The van der Waals surface area contributed by atoms with Crippen LogP contribution in [-0.2, 0) is 10.0 Å². The number of nitrogens with one attached hydrogen (secondary N) is 1. The van der Waals surface area contributed by atoms with Gasteiger partial charge in [0.15, 0.2) is 0 Å². The average molecular weight is 287 g/mol. The van der Waals surface area contributed by atoms with Crippen LogP contribution in [0.5, 0.6) is 0 Å². The lowest BCUT2D eigenvalue weighted by atomic mass is 10.2. The van der Waals surface area contributed by atoms with Crippen LogP contribution in [0.1, 0.15) is 5.56 Å². The van der Waals surface area contributed by atoms with Gasteiger partial charge in [0.25, 0.3) is 0 Å². The van der Waals surface area contributed by atoms with Gasteiger partial charge in [0, 0.05) is 32.2 Å². The van der Waals surface area contributed by atoms with E-state index in [9.17, 15) is 12.8 Å². The molecule has 0 radical (unpaired) electrons. The first-order valence-corrected chi connectivity index (χ1v) is 7.59. The lowest BCUT2D eigenvalue weighted by molar-refractivity contribution is 0.272. The fourth-order valence-corrected chi connectivity index (χ4v) is 4.13. The number of hydrogen-bond acceptors (Lipinski definition) is 4. The molecule has 1 saturated heterocycles. The first-order valence-electron chi connectivity index (χ1n) is 6.15. The van der Waals surface area contributed by atoms with Crippen molar-refractivity contribution in [2.24, 2.45) is 5.73 Å². The van der Waals surface area contributed by atoms with Gasteiger partial charge in [0.1, 0.15) is 5.82 Å². The smallest absolute Gasteiger partial charge is 0.243 e. The van der Waals surface area contributed by atoms with E-state index in [-0.39, 0.29) is 17.5 Å². The standard InChI is InChI=1S/C12H18FN3O2S/c1-9-6-10(13)2-3-12(9)19(17,18)16-5-4-15-8-11(16)7-14/h2-3,6,11,15H,4-5,7-8,14H2,1H3. The van der Waals surface area contributed by atoms with Crippen molar-refractivity contribution in [3.05, 3.63) is 29.6 Å². The largest absolute Gasteiger partial charge is 0.329 e. The summed E-state index contributed by atoms with van der Waals surface area (Å²) in [4.78, 5) is 0.147. The fraction of sp³-hybridized carbons (Fsp3) is 0.500. The van der Waals surface area contributed by atoms with Gasteiger partial charge >= 0.3 is 0 Å². The van der Waals surface area contributed by atoms with Crippen molar-refractivity contribution >= 4 is 10.0 Å². The molecule has 106 valence electrons. The highest BCUT2D eigenvalue weighted by atomic mass is 32.2. The third-order valence-corrected chi connectivity index (χ3v) is 5.40. The minimum atomic E-state index is -3.62. The van der Waals surface area contributed by atoms with Gasteiger partial charge in [-0.3, -0.25) is 0 Å². The second-order valence-electron chi connectivity index (χ2n) is 4.62. The third kappa shape index (κ3) is 2.79. The number of rotatable bonds is 3. The first-order chi connectivity index (χ1) is 8.96. The van der Waals surface area contributed by atoms with Crippen LogP contribution in [0.15, 0.2) is 23.1 Å². The Labute approximate surface area is 112 Å². The SMILES string of the molecule is Cc1cc(F)ccc1S(=O)(=O)N1CCNCC1CN. The van der Waals surface area contributed by atoms with Crippen molar-refractivity contribution in [3.63, 3.8) is 0 Å². The zero-order valence-electron chi connectivity index (χ0n) is 10.8. The van der Waals surface area contributed by atoms with E-state index in [4.69, 9.17) is 5.73 Å². The molecule has 0 bridgehead atoms. The molecular weight excluding hydrogens is 269 g/mol. The number of aryl methyl sites for hydroxylation is 1. The summed E-state index contributed by atoms with van der Waals surface area (Å²) in [7, 11) is -3.62. The molecule has 1 aliphatic heterocycles. The van der Waals surface area contributed by atoms with E-state index in [0.717, 1.165) is 0 Å². The molecule has 1 aromatic rings. The summed E-state index contributed by atoms with van der Waals surface area (Å²) in [6.07, 6.45) is 0. The Hall–Kier alpha value is -1.02. The highest BCUT2D eigenvalue weighted by Crippen LogP contribution is 2.22. The highest BCUT2D eigenvalue weighted by molar-refractivity contribution is 7.89. The summed E-state index contributed by atoms with van der Waals surface area (Å²) >= 11 is 0. The zero-order valence-corrected chi connectivity index (χ0v) is 11.6. The van der Waals surface area contributed by atoms with Gasteiger partial charge < -0.3 is 11.1 Å². The van der Waals surface area contributed by atoms with Gasteiger partial charge in [-0.15, -0.1) is 0 Å². The summed E-state index contributed by atoms with van der Waals surface area (Å²) in [5.41, 5.74) is 6.04. The number of benzene rings is 1. The number of sulfonamides is 1. The molecule has 19 heavy (non-hydrogen) atoms. The van der Waals surface area contributed by atoms with E-state index in [0.29, 0.717) is 25.2 Å². The highest BCUT2D eigenvalue weighted by Gasteiger charge is 2.33. The number of hydrogen-bond donors (Lipinski definition) is 2. The van der Waals surface area contributed by atoms with Gasteiger partial charge in [-0.05, 0) is 30.7 Å². The van der Waals surface area contributed by atoms with Crippen LogP contribution in [0, 0.1) is 12.7 Å². The van der Waals surface area contributed by atoms with E-state index < -0.39 is 15.8 Å². The van der Waals surface area contributed by atoms with E-state index >= 15 is 0 Å². The topological polar surface area (TPSA) is 75.4 Å². The molecule has 0 aliphatic carbocycles. The molecule has 5 nitrogen and oxygen atoms in total. The molecule has 1 unspecified atom stereocenters. The number of piperazine rings is 1. The van der Waals surface area contributed by atoms with Gasteiger partial charge in [-0.1, -0.05) is 0 Å². The first kappa shape index (κ1) is 14.4. The van der Waals surface area contributed by atoms with E-state index in [1.54, 1.807) is 6.92 Å². The average Bonchev–Trinajstić information content (AvgIpc) is 2.38. The van der Waals surface area contributed by atoms with Crippen LogP contribution < -0.4 is 11.1 Å². The lowest BCUT2D eigenvalue weighted by Crippen LogP contribution is -2.56. The second-order valence-corrected chi connectivity index (χ2v) is 6.48. The Morgan fingerprint density at radius 2 is 2.26 bits per heavy atom. The summed E-state index contributed by atoms with van der Waals surface area (Å²) in [6, 6.07) is 3.45. The van der Waals surface area contributed by atoms with Crippen LogP contribution in [0.3, 0.4) is 0 Å². The van der Waals surface area contributed by atoms with Crippen LogP contribution in [0.25, 0.3) is 0 Å². The lowest BCUT2D eigenvalue weighted by Gasteiger charge is -2.34. The number of halogens is 1. The Kier molecular flexibility index (Phi) is 4.19. The zero-order chi connectivity index (χ0) is 14.0. The van der Waals surface area contributed by atoms with Gasteiger partial charge in [-0.25, -0.2) is 12.8 Å². The van der Waals surface area contributed by atoms with Gasteiger partial charge in [0.2, 0.25) is 10.0 Å². The molecule has 3 N–H and O–H groups in total. The number of nitrogens with two attached hydrogens (primary N) is 1. The summed E-state index contributed by atoms with van der Waals surface area (Å²) < 4.78 is 39.7. The predicted molar refractivity (Wildman–Crippen MR) is 70.7 cm³/mol. The summed E-state index contributed by atoms with van der Waals surface area (Å²) in [5, 5.41) is 3.12. The minimum absolute atomic E-state index is 0.147. The maximum Gasteiger partial charge on any atom is 0.243 e. The van der Waals surface area contributed by atoms with E-state index in [1.807, 2.05) is 0 Å². The fourth-order valence-electron chi connectivity index (χ4n) is 2.29. The molecule has 0 aromatic heterocycles. The molecule has 1 atom stereocenters.